The molecule has 0 amide bonds. The monoisotopic (exact) mass is 351 g/mol. The minimum absolute atomic E-state index is 1.04. The molecule has 0 fully saturated rings. The van der Waals surface area contributed by atoms with E-state index >= 15 is 0 Å². The van der Waals surface area contributed by atoms with Gasteiger partial charge in [-0.1, -0.05) is 0 Å². The molecule has 0 atom stereocenters. The summed E-state index contributed by atoms with van der Waals surface area (Å²) >= 11 is 1.76. The molecule has 0 saturated heterocycles. The SMILES string of the molecule is [CH3][Ge]([CH3])([CH3])[c]1ccc(-c2cccc(Br)c2)nc1. The van der Waals surface area contributed by atoms with Crippen molar-refractivity contribution < 1.29 is 0 Å². The van der Waals surface area contributed by atoms with Crippen molar-refractivity contribution in [2.24, 2.45) is 0 Å². The summed E-state index contributed by atoms with van der Waals surface area (Å²) in [5.41, 5.74) is 2.20. The van der Waals surface area contributed by atoms with Crippen LogP contribution in [0.4, 0.5) is 0 Å². The maximum absolute atomic E-state index is 4.58. The molecule has 0 aliphatic heterocycles. The number of pyridine rings is 1. The first-order chi connectivity index (χ1) is 7.97. The van der Waals surface area contributed by atoms with Gasteiger partial charge in [-0.2, -0.15) is 0 Å². The number of hydrogen-bond donors (Lipinski definition) is 0. The fraction of sp³-hybridized carbons (Fsp3) is 0.214. The van der Waals surface area contributed by atoms with Crippen molar-refractivity contribution in [3.63, 3.8) is 0 Å². The molecule has 0 aliphatic rings. The minimum atomic E-state index is -1.73. The summed E-state index contributed by atoms with van der Waals surface area (Å²) in [7, 11) is 0. The molecular weight excluding hydrogens is 335 g/mol. The Labute approximate surface area is 114 Å². The van der Waals surface area contributed by atoms with Crippen molar-refractivity contribution in [1.29, 1.82) is 0 Å². The van der Waals surface area contributed by atoms with Gasteiger partial charge in [-0.3, -0.25) is 0 Å². The molecule has 0 spiro atoms. The number of nitrogens with zero attached hydrogens (tertiary/aromatic N) is 1. The van der Waals surface area contributed by atoms with Crippen LogP contribution in [0.1, 0.15) is 0 Å². The fourth-order valence-corrected chi connectivity index (χ4v) is 4.23. The second-order valence-corrected chi connectivity index (χ2v) is 16.8. The van der Waals surface area contributed by atoms with Crippen LogP contribution in [-0.4, -0.2) is 18.3 Å². The van der Waals surface area contributed by atoms with E-state index in [4.69, 9.17) is 0 Å². The molecule has 17 heavy (non-hydrogen) atoms. The molecule has 0 bridgehead atoms. The van der Waals surface area contributed by atoms with Crippen molar-refractivity contribution in [2.45, 2.75) is 17.3 Å². The summed E-state index contributed by atoms with van der Waals surface area (Å²) in [5.74, 6) is 7.15. The van der Waals surface area contributed by atoms with Crippen molar-refractivity contribution in [3.05, 3.63) is 47.1 Å². The first kappa shape index (κ1) is 12.8. The van der Waals surface area contributed by atoms with Gasteiger partial charge in [0.15, 0.2) is 0 Å². The Hall–Kier alpha value is -0.607. The van der Waals surface area contributed by atoms with E-state index in [1.807, 2.05) is 12.1 Å². The normalized spacial score (nSPS) is 11.5. The van der Waals surface area contributed by atoms with E-state index in [0.29, 0.717) is 0 Å². The van der Waals surface area contributed by atoms with Crippen LogP contribution < -0.4 is 4.40 Å². The number of aromatic nitrogens is 1. The van der Waals surface area contributed by atoms with Crippen molar-refractivity contribution in [3.8, 4) is 11.3 Å². The Kier molecular flexibility index (Phi) is 3.74. The van der Waals surface area contributed by atoms with Crippen molar-refractivity contribution in [1.82, 2.24) is 4.98 Å². The van der Waals surface area contributed by atoms with Crippen molar-refractivity contribution >= 4 is 33.6 Å². The maximum atomic E-state index is 4.58. The van der Waals surface area contributed by atoms with Crippen LogP contribution in [0.5, 0.6) is 0 Å². The second kappa shape index (κ2) is 4.95. The molecule has 1 aromatic carbocycles. The molecule has 0 N–H and O–H groups in total. The van der Waals surface area contributed by atoms with Crippen LogP contribution in [0.2, 0.25) is 17.3 Å². The van der Waals surface area contributed by atoms with Crippen LogP contribution in [0.3, 0.4) is 0 Å². The van der Waals surface area contributed by atoms with Gasteiger partial charge in [0, 0.05) is 0 Å². The molecule has 0 radical (unpaired) electrons. The number of hydrogen-bond acceptors (Lipinski definition) is 1. The Morgan fingerprint density at radius 1 is 1.06 bits per heavy atom. The predicted octanol–water partition coefficient (Wildman–Crippen LogP) is 4.06. The van der Waals surface area contributed by atoms with Gasteiger partial charge in [-0.05, 0) is 0 Å². The van der Waals surface area contributed by atoms with E-state index in [9.17, 15) is 0 Å². The fourth-order valence-electron chi connectivity index (χ4n) is 1.66. The summed E-state index contributed by atoms with van der Waals surface area (Å²) in [4.78, 5) is 4.58. The molecular formula is C14H16BrGeN. The zero-order chi connectivity index (χ0) is 12.5. The first-order valence-corrected chi connectivity index (χ1v) is 13.8. The molecule has 1 heterocycles. The third-order valence-corrected chi connectivity index (χ3v) is 7.50. The van der Waals surface area contributed by atoms with Gasteiger partial charge in [0.2, 0.25) is 0 Å². The van der Waals surface area contributed by atoms with Gasteiger partial charge in [0.05, 0.1) is 0 Å². The number of halogens is 1. The van der Waals surface area contributed by atoms with Crippen LogP contribution in [0, 0.1) is 0 Å². The van der Waals surface area contributed by atoms with Gasteiger partial charge in [0.25, 0.3) is 0 Å². The van der Waals surface area contributed by atoms with Gasteiger partial charge >= 0.3 is 114 Å². The average Bonchev–Trinajstić information content (AvgIpc) is 2.28. The summed E-state index contributed by atoms with van der Waals surface area (Å²) in [6.07, 6.45) is 2.05. The summed E-state index contributed by atoms with van der Waals surface area (Å²) in [5, 5.41) is 0. The molecule has 2 rings (SSSR count). The zero-order valence-corrected chi connectivity index (χ0v) is 14.1. The standard InChI is InChI=1S/C14H16BrGeN/c1-16(2,3)13-7-8-14(17-10-13)11-5-4-6-12(15)9-11/h4-10H,1-3H3. The topological polar surface area (TPSA) is 12.9 Å². The van der Waals surface area contributed by atoms with E-state index in [1.165, 1.54) is 4.40 Å². The average molecular weight is 351 g/mol. The molecule has 1 aromatic heterocycles. The zero-order valence-electron chi connectivity index (χ0n) is 10.4. The Morgan fingerprint density at radius 2 is 1.82 bits per heavy atom. The first-order valence-electron chi connectivity index (χ1n) is 5.69. The van der Waals surface area contributed by atoms with Crippen LogP contribution >= 0.6 is 15.9 Å². The summed E-state index contributed by atoms with van der Waals surface area (Å²) in [6.45, 7) is 0. The molecule has 88 valence electrons. The predicted molar refractivity (Wildman–Crippen MR) is 80.4 cm³/mol. The Bertz CT molecular complexity index is 514. The van der Waals surface area contributed by atoms with Crippen molar-refractivity contribution in [2.75, 3.05) is 0 Å². The molecule has 0 aliphatic carbocycles. The molecule has 3 heteroatoms. The van der Waals surface area contributed by atoms with Crippen LogP contribution in [0.15, 0.2) is 47.1 Å². The Balaban J connectivity index is 2.36. The molecule has 0 saturated carbocycles. The third kappa shape index (κ3) is 3.20. The molecule has 2 aromatic rings. The van der Waals surface area contributed by atoms with E-state index in [1.54, 1.807) is 0 Å². The van der Waals surface area contributed by atoms with Gasteiger partial charge in [0.1, 0.15) is 0 Å². The van der Waals surface area contributed by atoms with Gasteiger partial charge < -0.3 is 0 Å². The molecule has 1 nitrogen and oxygen atoms in total. The van der Waals surface area contributed by atoms with Gasteiger partial charge in [-0.25, -0.2) is 0 Å². The summed E-state index contributed by atoms with van der Waals surface area (Å²) in [6, 6.07) is 12.6. The van der Waals surface area contributed by atoms with Crippen LogP contribution in [-0.2, 0) is 0 Å². The van der Waals surface area contributed by atoms with E-state index in [2.05, 4.69) is 68.6 Å². The van der Waals surface area contributed by atoms with E-state index in [0.717, 1.165) is 15.7 Å². The van der Waals surface area contributed by atoms with E-state index < -0.39 is 13.3 Å². The second-order valence-electron chi connectivity index (χ2n) is 5.19. The Morgan fingerprint density at radius 3 is 2.35 bits per heavy atom. The van der Waals surface area contributed by atoms with Crippen LogP contribution in [0.25, 0.3) is 11.3 Å². The number of rotatable bonds is 2. The van der Waals surface area contributed by atoms with E-state index in [-0.39, 0.29) is 0 Å². The van der Waals surface area contributed by atoms with Gasteiger partial charge in [-0.15, -0.1) is 0 Å². The quantitative estimate of drug-likeness (QED) is 0.744. The number of benzene rings is 1. The molecule has 0 unspecified atom stereocenters. The summed E-state index contributed by atoms with van der Waals surface area (Å²) < 4.78 is 2.54. The third-order valence-electron chi connectivity index (χ3n) is 2.75.